The maximum Gasteiger partial charge on any atom is 0.108 e. The molecule has 1 N–H and O–H groups in total. The Bertz CT molecular complexity index is 402. The summed E-state index contributed by atoms with van der Waals surface area (Å²) in [4.78, 5) is 4.73. The van der Waals surface area contributed by atoms with Crippen LogP contribution in [0.15, 0.2) is 29.4 Å². The van der Waals surface area contributed by atoms with Gasteiger partial charge in [0.25, 0.3) is 0 Å². The topological polar surface area (TPSA) is 42.8 Å². The Labute approximate surface area is 113 Å². The van der Waals surface area contributed by atoms with Gasteiger partial charge >= 0.3 is 0 Å². The number of halogens is 1. The standard InChI is InChI=1S/C14H21FN2O2/c1-10(17-19-4)11-5-7-12(8-6-11)14(18-3)13(9-15)16-2/h5-8,13-14,16H,9H2,1-4H3/b17-10+/t13-,14-/m1/s1. The number of nitrogens with zero attached hydrogens (tertiary/aromatic N) is 1. The van der Waals surface area contributed by atoms with Gasteiger partial charge in [-0.25, -0.2) is 4.39 Å². The lowest BCUT2D eigenvalue weighted by Crippen LogP contribution is -2.35. The lowest BCUT2D eigenvalue weighted by atomic mass is 10.0. The van der Waals surface area contributed by atoms with Gasteiger partial charge in [-0.15, -0.1) is 0 Å². The van der Waals surface area contributed by atoms with Gasteiger partial charge in [0.15, 0.2) is 0 Å². The van der Waals surface area contributed by atoms with Crippen LogP contribution in [0.25, 0.3) is 0 Å². The van der Waals surface area contributed by atoms with Crippen molar-refractivity contribution in [2.45, 2.75) is 19.1 Å². The maximum absolute atomic E-state index is 12.9. The van der Waals surface area contributed by atoms with Gasteiger partial charge in [-0.05, 0) is 25.1 Å². The second-order valence-electron chi connectivity index (χ2n) is 4.19. The quantitative estimate of drug-likeness (QED) is 0.609. The highest BCUT2D eigenvalue weighted by atomic mass is 19.1. The minimum atomic E-state index is -0.485. The van der Waals surface area contributed by atoms with Gasteiger partial charge in [-0.3, -0.25) is 0 Å². The highest BCUT2D eigenvalue weighted by Crippen LogP contribution is 2.21. The zero-order valence-corrected chi connectivity index (χ0v) is 11.8. The first-order valence-corrected chi connectivity index (χ1v) is 6.12. The molecule has 0 radical (unpaired) electrons. The molecule has 19 heavy (non-hydrogen) atoms. The largest absolute Gasteiger partial charge is 0.399 e. The van der Waals surface area contributed by atoms with Gasteiger partial charge in [-0.2, -0.15) is 0 Å². The molecule has 0 amide bonds. The highest BCUT2D eigenvalue weighted by Gasteiger charge is 2.21. The number of methoxy groups -OCH3 is 1. The Morgan fingerprint density at radius 2 is 1.95 bits per heavy atom. The SMILES string of the molecule is CN[C@H](CF)[C@H](OC)c1ccc(/C(C)=N/OC)cc1. The van der Waals surface area contributed by atoms with Crippen LogP contribution in [0.5, 0.6) is 0 Å². The third-order valence-corrected chi connectivity index (χ3v) is 3.04. The molecule has 1 aromatic carbocycles. The van der Waals surface area contributed by atoms with E-state index in [1.165, 1.54) is 7.11 Å². The van der Waals surface area contributed by atoms with Crippen LogP contribution in [0.1, 0.15) is 24.2 Å². The first-order chi connectivity index (χ1) is 9.17. The molecule has 0 spiro atoms. The van der Waals surface area contributed by atoms with Crippen molar-refractivity contribution in [3.63, 3.8) is 0 Å². The molecule has 2 atom stereocenters. The molecule has 5 heteroatoms. The summed E-state index contributed by atoms with van der Waals surface area (Å²) < 4.78 is 18.3. The van der Waals surface area contributed by atoms with Crippen LogP contribution < -0.4 is 5.32 Å². The fraction of sp³-hybridized carbons (Fsp3) is 0.500. The second kappa shape index (κ2) is 7.86. The molecule has 0 aliphatic carbocycles. The molecule has 0 saturated heterocycles. The van der Waals surface area contributed by atoms with E-state index < -0.39 is 6.67 Å². The summed E-state index contributed by atoms with van der Waals surface area (Å²) in [5.41, 5.74) is 2.67. The summed E-state index contributed by atoms with van der Waals surface area (Å²) in [6.07, 6.45) is -0.316. The van der Waals surface area contributed by atoms with Gasteiger partial charge in [0.05, 0.1) is 17.9 Å². The number of likely N-dealkylation sites (N-methyl/N-ethyl adjacent to an activating group) is 1. The summed E-state index contributed by atoms with van der Waals surface area (Å²) in [5, 5.41) is 6.79. The molecule has 0 aliphatic rings. The van der Waals surface area contributed by atoms with E-state index in [2.05, 4.69) is 10.5 Å². The number of ether oxygens (including phenoxy) is 1. The maximum atomic E-state index is 12.9. The van der Waals surface area contributed by atoms with Crippen LogP contribution in [0.3, 0.4) is 0 Å². The molecule has 4 nitrogen and oxygen atoms in total. The van der Waals surface area contributed by atoms with Crippen LogP contribution >= 0.6 is 0 Å². The van der Waals surface area contributed by atoms with Crippen molar-refractivity contribution in [3.8, 4) is 0 Å². The van der Waals surface area contributed by atoms with Gasteiger partial charge in [-0.1, -0.05) is 29.4 Å². The number of nitrogens with one attached hydrogen (secondary N) is 1. The number of hydrogen-bond donors (Lipinski definition) is 1. The zero-order valence-electron chi connectivity index (χ0n) is 11.8. The van der Waals surface area contributed by atoms with Crippen LogP contribution in [0.4, 0.5) is 4.39 Å². The van der Waals surface area contributed by atoms with Crippen molar-refractivity contribution in [2.24, 2.45) is 5.16 Å². The molecule has 0 saturated carbocycles. The average molecular weight is 268 g/mol. The number of oxime groups is 1. The van der Waals surface area contributed by atoms with E-state index in [4.69, 9.17) is 9.57 Å². The predicted octanol–water partition coefficient (Wildman–Crippen LogP) is 2.30. The molecule has 0 bridgehead atoms. The monoisotopic (exact) mass is 268 g/mol. The highest BCUT2D eigenvalue weighted by molar-refractivity contribution is 5.98. The van der Waals surface area contributed by atoms with E-state index in [9.17, 15) is 4.39 Å². The van der Waals surface area contributed by atoms with Crippen molar-refractivity contribution >= 4 is 5.71 Å². The summed E-state index contributed by atoms with van der Waals surface area (Å²) in [6.45, 7) is 1.38. The van der Waals surface area contributed by atoms with Crippen molar-refractivity contribution in [1.82, 2.24) is 5.32 Å². The molecule has 0 heterocycles. The number of hydrogen-bond acceptors (Lipinski definition) is 4. The van der Waals surface area contributed by atoms with Crippen molar-refractivity contribution in [2.75, 3.05) is 27.9 Å². The van der Waals surface area contributed by atoms with Crippen LogP contribution in [0.2, 0.25) is 0 Å². The van der Waals surface area contributed by atoms with E-state index in [-0.39, 0.29) is 12.1 Å². The number of rotatable bonds is 7. The Morgan fingerprint density at radius 1 is 1.32 bits per heavy atom. The minimum absolute atomic E-state index is 0.316. The van der Waals surface area contributed by atoms with Crippen LogP contribution in [-0.2, 0) is 9.57 Å². The molecule has 0 fully saturated rings. The lowest BCUT2D eigenvalue weighted by Gasteiger charge is -2.23. The van der Waals surface area contributed by atoms with Crippen molar-refractivity contribution in [1.29, 1.82) is 0 Å². The first kappa shape index (κ1) is 15.6. The van der Waals surface area contributed by atoms with E-state index in [0.29, 0.717) is 0 Å². The Hall–Kier alpha value is -1.46. The average Bonchev–Trinajstić information content (AvgIpc) is 2.45. The third kappa shape index (κ3) is 4.01. The third-order valence-electron chi connectivity index (χ3n) is 3.04. The van der Waals surface area contributed by atoms with E-state index in [1.54, 1.807) is 14.2 Å². The molecule has 0 unspecified atom stereocenters. The molecular weight excluding hydrogens is 247 g/mol. The first-order valence-electron chi connectivity index (χ1n) is 6.12. The zero-order chi connectivity index (χ0) is 14.3. The summed E-state index contributed by atoms with van der Waals surface area (Å²) in [7, 11) is 4.81. The van der Waals surface area contributed by atoms with Crippen LogP contribution in [0, 0.1) is 0 Å². The van der Waals surface area contributed by atoms with Gasteiger partial charge in [0, 0.05) is 7.11 Å². The summed E-state index contributed by atoms with van der Waals surface area (Å²) in [5.74, 6) is 0. The Morgan fingerprint density at radius 3 is 2.37 bits per heavy atom. The normalized spacial score (nSPS) is 15.1. The minimum Gasteiger partial charge on any atom is -0.399 e. The van der Waals surface area contributed by atoms with Crippen LogP contribution in [-0.4, -0.2) is 39.7 Å². The Kier molecular flexibility index (Phi) is 6.45. The van der Waals surface area contributed by atoms with Gasteiger partial charge in [0.1, 0.15) is 13.8 Å². The summed E-state index contributed by atoms with van der Waals surface area (Å²) >= 11 is 0. The van der Waals surface area contributed by atoms with E-state index >= 15 is 0 Å². The summed E-state index contributed by atoms with van der Waals surface area (Å²) in [6, 6.07) is 7.31. The predicted molar refractivity (Wildman–Crippen MR) is 74.2 cm³/mol. The lowest BCUT2D eigenvalue weighted by molar-refractivity contribution is 0.0615. The smallest absolute Gasteiger partial charge is 0.108 e. The fourth-order valence-electron chi connectivity index (χ4n) is 1.95. The molecular formula is C14H21FN2O2. The molecule has 0 aliphatic heterocycles. The van der Waals surface area contributed by atoms with Crippen molar-refractivity contribution in [3.05, 3.63) is 35.4 Å². The van der Waals surface area contributed by atoms with Crippen molar-refractivity contribution < 1.29 is 14.0 Å². The molecule has 1 rings (SSSR count). The Balaban J connectivity index is 2.93. The number of benzene rings is 1. The second-order valence-corrected chi connectivity index (χ2v) is 4.19. The molecule has 106 valence electrons. The van der Waals surface area contributed by atoms with E-state index in [1.807, 2.05) is 31.2 Å². The molecule has 0 aromatic heterocycles. The number of alkyl halides is 1. The van der Waals surface area contributed by atoms with Gasteiger partial charge in [0.2, 0.25) is 0 Å². The molecule has 1 aromatic rings. The fourth-order valence-corrected chi connectivity index (χ4v) is 1.95. The van der Waals surface area contributed by atoms with E-state index in [0.717, 1.165) is 16.8 Å². The van der Waals surface area contributed by atoms with Gasteiger partial charge < -0.3 is 14.9 Å².